The summed E-state index contributed by atoms with van der Waals surface area (Å²) in [6.07, 6.45) is 5.11. The minimum absolute atomic E-state index is 0.773. The minimum Gasteiger partial charge on any atom is -0.346 e. The van der Waals surface area contributed by atoms with Gasteiger partial charge in [0, 0.05) is 23.0 Å². The highest BCUT2D eigenvalue weighted by atomic mass is 15.1. The van der Waals surface area contributed by atoms with E-state index in [9.17, 15) is 0 Å². The molecule has 0 saturated heterocycles. The lowest BCUT2D eigenvalue weighted by atomic mass is 10.2. The monoisotopic (exact) mass is 169 g/mol. The van der Waals surface area contributed by atoms with E-state index in [4.69, 9.17) is 0 Å². The van der Waals surface area contributed by atoms with Gasteiger partial charge in [-0.05, 0) is 6.07 Å². The minimum atomic E-state index is 0.773. The highest BCUT2D eigenvalue weighted by Gasteiger charge is 2.02. The summed E-state index contributed by atoms with van der Waals surface area (Å²) in [5, 5.41) is 9.70. The van der Waals surface area contributed by atoms with Gasteiger partial charge >= 0.3 is 0 Å². The third-order valence-electron chi connectivity index (χ3n) is 2.00. The molecule has 1 radical (unpaired) electrons. The fraction of sp³-hybridized carbons (Fsp3) is 0. The largest absolute Gasteiger partial charge is 0.346 e. The van der Waals surface area contributed by atoms with E-state index >= 15 is 0 Å². The molecule has 0 bridgehead atoms. The predicted octanol–water partition coefficient (Wildman–Crippen LogP) is 1.31. The molecule has 3 aromatic heterocycles. The van der Waals surface area contributed by atoms with E-state index in [0.29, 0.717) is 0 Å². The summed E-state index contributed by atoms with van der Waals surface area (Å²) in [6.45, 7) is 0. The molecular weight excluding hydrogens is 164 g/mol. The van der Waals surface area contributed by atoms with E-state index in [2.05, 4.69) is 26.2 Å². The van der Waals surface area contributed by atoms with Gasteiger partial charge in [-0.25, -0.2) is 4.98 Å². The average Bonchev–Trinajstić information content (AvgIpc) is 2.65. The lowest BCUT2D eigenvalue weighted by Gasteiger charge is -1.94. The summed E-state index contributed by atoms with van der Waals surface area (Å²) in [5.41, 5.74) is 1.63. The van der Waals surface area contributed by atoms with E-state index in [1.165, 1.54) is 0 Å². The van der Waals surface area contributed by atoms with Gasteiger partial charge < -0.3 is 4.98 Å². The van der Waals surface area contributed by atoms with Crippen molar-refractivity contribution in [3.8, 4) is 0 Å². The van der Waals surface area contributed by atoms with Crippen LogP contribution in [0.15, 0.2) is 24.7 Å². The van der Waals surface area contributed by atoms with Crippen molar-refractivity contribution in [2.75, 3.05) is 0 Å². The number of rotatable bonds is 0. The summed E-state index contributed by atoms with van der Waals surface area (Å²) in [7, 11) is 0. The molecular formula is C9H5N4. The van der Waals surface area contributed by atoms with E-state index < -0.39 is 0 Å². The van der Waals surface area contributed by atoms with Crippen molar-refractivity contribution in [3.05, 3.63) is 30.7 Å². The lowest BCUT2D eigenvalue weighted by Crippen LogP contribution is -1.85. The van der Waals surface area contributed by atoms with E-state index in [1.54, 1.807) is 12.4 Å². The quantitative estimate of drug-likeness (QED) is 0.552. The molecule has 0 spiro atoms. The summed E-state index contributed by atoms with van der Waals surface area (Å²) in [6, 6.07) is 5.01. The van der Waals surface area contributed by atoms with Crippen molar-refractivity contribution in [1.82, 2.24) is 20.2 Å². The van der Waals surface area contributed by atoms with Crippen LogP contribution in [0.5, 0.6) is 0 Å². The lowest BCUT2D eigenvalue weighted by molar-refractivity contribution is 1.07. The topological polar surface area (TPSA) is 54.5 Å². The first-order valence-corrected chi connectivity index (χ1v) is 3.90. The smallest absolute Gasteiger partial charge is 0.138 e. The summed E-state index contributed by atoms with van der Waals surface area (Å²) in [5.74, 6) is 0. The number of hydrogen-bond acceptors (Lipinski definition) is 3. The fourth-order valence-corrected chi connectivity index (χ4v) is 1.41. The van der Waals surface area contributed by atoms with E-state index in [0.717, 1.165) is 21.9 Å². The van der Waals surface area contributed by atoms with Crippen LogP contribution in [0.2, 0.25) is 0 Å². The van der Waals surface area contributed by atoms with Crippen LogP contribution in [0.4, 0.5) is 0 Å². The zero-order valence-corrected chi connectivity index (χ0v) is 6.65. The Morgan fingerprint density at radius 2 is 2.38 bits per heavy atom. The standard InChI is InChI=1S/C9H5N4/c1-3-10-9-7(1)6-2-4-12-13-8(6)5-11-9/h1,3-5H,(H,10,11). The van der Waals surface area contributed by atoms with Gasteiger partial charge in [0.05, 0.1) is 12.4 Å². The number of hydrogen-bond donors (Lipinski definition) is 1. The van der Waals surface area contributed by atoms with Gasteiger partial charge in [-0.2, -0.15) is 5.10 Å². The maximum Gasteiger partial charge on any atom is 0.138 e. The molecule has 0 unspecified atom stereocenters. The molecule has 4 nitrogen and oxygen atoms in total. The number of aromatic nitrogens is 4. The maximum atomic E-state index is 4.19. The highest BCUT2D eigenvalue weighted by Crippen LogP contribution is 2.19. The second-order valence-electron chi connectivity index (χ2n) is 2.75. The molecule has 3 heterocycles. The van der Waals surface area contributed by atoms with Gasteiger partial charge in [0.2, 0.25) is 0 Å². The van der Waals surface area contributed by atoms with Gasteiger partial charge in [-0.1, -0.05) is 0 Å². The first-order chi connectivity index (χ1) is 6.45. The molecule has 0 atom stereocenters. The molecule has 3 rings (SSSR count). The van der Waals surface area contributed by atoms with Gasteiger partial charge in [0.25, 0.3) is 0 Å². The third-order valence-corrected chi connectivity index (χ3v) is 2.00. The van der Waals surface area contributed by atoms with Crippen LogP contribution in [0.1, 0.15) is 0 Å². The molecule has 1 N–H and O–H groups in total. The molecule has 0 fully saturated rings. The summed E-state index contributed by atoms with van der Waals surface area (Å²) >= 11 is 0. The molecule has 0 aliphatic carbocycles. The first kappa shape index (κ1) is 6.54. The van der Waals surface area contributed by atoms with Crippen molar-refractivity contribution >= 4 is 21.9 Å². The second kappa shape index (κ2) is 2.26. The van der Waals surface area contributed by atoms with Crippen LogP contribution in [-0.4, -0.2) is 20.2 Å². The molecule has 0 amide bonds. The van der Waals surface area contributed by atoms with Crippen molar-refractivity contribution in [1.29, 1.82) is 0 Å². The Bertz CT molecular complexity index is 570. The van der Waals surface area contributed by atoms with Gasteiger partial charge in [-0.3, -0.25) is 0 Å². The molecule has 3 aromatic rings. The number of nitrogens with zero attached hydrogens (tertiary/aromatic N) is 3. The Labute approximate surface area is 73.6 Å². The van der Waals surface area contributed by atoms with Gasteiger partial charge in [-0.15, -0.1) is 5.10 Å². The normalized spacial score (nSPS) is 11.1. The Hall–Kier alpha value is -1.97. The number of H-pyrrole nitrogens is 1. The average molecular weight is 169 g/mol. The molecule has 0 saturated carbocycles. The number of fused-ring (bicyclic) bond motifs is 3. The van der Waals surface area contributed by atoms with E-state index in [1.807, 2.05) is 12.3 Å². The number of pyridine rings is 1. The van der Waals surface area contributed by atoms with E-state index in [-0.39, 0.29) is 0 Å². The van der Waals surface area contributed by atoms with Gasteiger partial charge in [0.1, 0.15) is 11.2 Å². The van der Waals surface area contributed by atoms with Crippen molar-refractivity contribution in [3.63, 3.8) is 0 Å². The van der Waals surface area contributed by atoms with Crippen LogP contribution < -0.4 is 0 Å². The Balaban J connectivity index is 2.65. The van der Waals surface area contributed by atoms with Crippen LogP contribution in [-0.2, 0) is 0 Å². The Morgan fingerprint density at radius 3 is 3.38 bits per heavy atom. The second-order valence-corrected chi connectivity index (χ2v) is 2.75. The third kappa shape index (κ3) is 0.823. The van der Waals surface area contributed by atoms with Crippen LogP contribution in [0.25, 0.3) is 21.9 Å². The number of aromatic amines is 1. The number of nitrogens with one attached hydrogen (secondary N) is 1. The summed E-state index contributed by atoms with van der Waals surface area (Å²) in [4.78, 5) is 7.22. The Kier molecular flexibility index (Phi) is 1.14. The van der Waals surface area contributed by atoms with Crippen molar-refractivity contribution < 1.29 is 0 Å². The molecule has 0 aliphatic rings. The van der Waals surface area contributed by atoms with Crippen LogP contribution in [0.3, 0.4) is 0 Å². The van der Waals surface area contributed by atoms with Crippen LogP contribution in [0, 0.1) is 6.07 Å². The zero-order valence-electron chi connectivity index (χ0n) is 6.65. The fourth-order valence-electron chi connectivity index (χ4n) is 1.41. The maximum absolute atomic E-state index is 4.19. The first-order valence-electron chi connectivity index (χ1n) is 3.90. The van der Waals surface area contributed by atoms with Crippen LogP contribution >= 0.6 is 0 Å². The Morgan fingerprint density at radius 1 is 1.38 bits per heavy atom. The molecule has 61 valence electrons. The molecule has 4 heteroatoms. The predicted molar refractivity (Wildman–Crippen MR) is 48.0 cm³/mol. The highest BCUT2D eigenvalue weighted by molar-refractivity contribution is 6.02. The van der Waals surface area contributed by atoms with Crippen molar-refractivity contribution in [2.24, 2.45) is 0 Å². The zero-order chi connectivity index (χ0) is 8.67. The SMILES string of the molecule is [c]1cnnc2cnc3[nH]ccc3c12. The van der Waals surface area contributed by atoms with Crippen molar-refractivity contribution in [2.45, 2.75) is 0 Å². The summed E-state index contributed by atoms with van der Waals surface area (Å²) < 4.78 is 0. The molecule has 13 heavy (non-hydrogen) atoms. The molecule has 0 aromatic carbocycles. The van der Waals surface area contributed by atoms with Gasteiger partial charge in [0.15, 0.2) is 0 Å². The molecule has 0 aliphatic heterocycles.